The van der Waals surface area contributed by atoms with E-state index in [0.717, 1.165) is 49.0 Å². The predicted octanol–water partition coefficient (Wildman–Crippen LogP) is 4.32. The lowest BCUT2D eigenvalue weighted by Gasteiger charge is -2.34. The highest BCUT2D eigenvalue weighted by Crippen LogP contribution is 2.24. The van der Waals surface area contributed by atoms with Crippen LogP contribution in [-0.2, 0) is 11.3 Å². The average Bonchev–Trinajstić information content (AvgIpc) is 3.25. The normalized spacial score (nSPS) is 14.7. The van der Waals surface area contributed by atoms with Crippen molar-refractivity contribution in [1.29, 1.82) is 0 Å². The maximum absolute atomic E-state index is 12.7. The minimum Gasteiger partial charge on any atom is -0.339 e. The van der Waals surface area contributed by atoms with Crippen LogP contribution >= 0.6 is 35.0 Å². The van der Waals surface area contributed by atoms with Gasteiger partial charge in [-0.05, 0) is 42.3 Å². The third-order valence-corrected chi connectivity index (χ3v) is 6.91. The van der Waals surface area contributed by atoms with Crippen molar-refractivity contribution in [2.75, 3.05) is 31.9 Å². The van der Waals surface area contributed by atoms with Gasteiger partial charge in [-0.1, -0.05) is 53.2 Å². The van der Waals surface area contributed by atoms with Gasteiger partial charge >= 0.3 is 0 Å². The summed E-state index contributed by atoms with van der Waals surface area (Å²) in [5.74, 6) is 0.447. The second-order valence-electron chi connectivity index (χ2n) is 7.49. The molecule has 2 heterocycles. The van der Waals surface area contributed by atoms with Crippen LogP contribution in [0.5, 0.6) is 0 Å². The molecule has 162 valence electrons. The van der Waals surface area contributed by atoms with Crippen LogP contribution < -0.4 is 0 Å². The summed E-state index contributed by atoms with van der Waals surface area (Å²) in [6.07, 6.45) is 1.64. The molecule has 6 nitrogen and oxygen atoms in total. The van der Waals surface area contributed by atoms with Gasteiger partial charge in [-0.25, -0.2) is 0 Å². The molecule has 1 saturated heterocycles. The van der Waals surface area contributed by atoms with Gasteiger partial charge in [0, 0.05) is 42.8 Å². The topological polar surface area (TPSA) is 54.3 Å². The molecular weight excluding hydrogens is 453 g/mol. The first kappa shape index (κ1) is 22.1. The molecule has 3 aromatic rings. The minimum atomic E-state index is 0.118. The number of carbonyl (C=O) groups is 1. The Labute approximate surface area is 196 Å². The van der Waals surface area contributed by atoms with E-state index < -0.39 is 0 Å². The zero-order valence-electron chi connectivity index (χ0n) is 17.2. The molecular formula is C22H23Cl2N5OS. The number of amides is 1. The fourth-order valence-electron chi connectivity index (χ4n) is 3.45. The van der Waals surface area contributed by atoms with Crippen LogP contribution in [0.3, 0.4) is 0 Å². The van der Waals surface area contributed by atoms with Crippen molar-refractivity contribution >= 4 is 40.9 Å². The molecule has 1 fully saturated rings. The summed E-state index contributed by atoms with van der Waals surface area (Å²) in [6, 6.07) is 13.7. The van der Waals surface area contributed by atoms with Crippen molar-refractivity contribution in [2.45, 2.75) is 18.6 Å². The van der Waals surface area contributed by atoms with E-state index in [1.807, 2.05) is 58.9 Å². The van der Waals surface area contributed by atoms with Crippen molar-refractivity contribution in [2.24, 2.45) is 0 Å². The summed E-state index contributed by atoms with van der Waals surface area (Å²) in [5, 5.41) is 10.3. The monoisotopic (exact) mass is 475 g/mol. The highest BCUT2D eigenvalue weighted by atomic mass is 35.5. The summed E-state index contributed by atoms with van der Waals surface area (Å²) < 4.78 is 1.85. The molecule has 1 aliphatic heterocycles. The number of carbonyl (C=O) groups excluding carboxylic acids is 1. The number of aromatic nitrogens is 3. The van der Waals surface area contributed by atoms with Crippen LogP contribution in [0.4, 0.5) is 0 Å². The predicted molar refractivity (Wildman–Crippen MR) is 125 cm³/mol. The highest BCUT2D eigenvalue weighted by molar-refractivity contribution is 7.99. The Hall–Kier alpha value is -2.06. The number of piperazine rings is 1. The van der Waals surface area contributed by atoms with Gasteiger partial charge in [-0.2, -0.15) is 0 Å². The van der Waals surface area contributed by atoms with Crippen LogP contribution in [0.2, 0.25) is 10.0 Å². The second-order valence-corrected chi connectivity index (χ2v) is 9.28. The molecule has 0 spiro atoms. The Bertz CT molecular complexity index is 1050. The number of halogens is 2. The maximum Gasteiger partial charge on any atom is 0.233 e. The number of hydrogen-bond acceptors (Lipinski definition) is 5. The van der Waals surface area contributed by atoms with Gasteiger partial charge in [0.15, 0.2) is 5.16 Å². The lowest BCUT2D eigenvalue weighted by molar-refractivity contribution is -0.130. The van der Waals surface area contributed by atoms with Crippen molar-refractivity contribution in [3.05, 3.63) is 70.0 Å². The first-order valence-electron chi connectivity index (χ1n) is 10.0. The Kier molecular flexibility index (Phi) is 7.17. The van der Waals surface area contributed by atoms with Gasteiger partial charge < -0.3 is 4.90 Å². The van der Waals surface area contributed by atoms with E-state index in [2.05, 4.69) is 15.1 Å². The standard InChI is InChI=1S/C22H23Cl2N5OS/c1-16-2-7-19(12-20(16)24)29-15-25-26-22(29)31-14-21(30)28-10-8-27(9-11-28)13-17-3-5-18(23)6-4-17/h2-7,12,15H,8-11,13-14H2,1H3. The fraction of sp³-hybridized carbons (Fsp3) is 0.318. The molecule has 0 atom stereocenters. The average molecular weight is 476 g/mol. The van der Waals surface area contributed by atoms with Crippen molar-refractivity contribution in [3.63, 3.8) is 0 Å². The number of thioether (sulfide) groups is 1. The molecule has 0 aliphatic carbocycles. The number of rotatable bonds is 6. The molecule has 0 radical (unpaired) electrons. The molecule has 2 aromatic carbocycles. The molecule has 0 saturated carbocycles. The molecule has 0 bridgehead atoms. The third-order valence-electron chi connectivity index (χ3n) is 5.32. The van der Waals surface area contributed by atoms with E-state index >= 15 is 0 Å². The van der Waals surface area contributed by atoms with Crippen LogP contribution in [0.25, 0.3) is 5.69 Å². The van der Waals surface area contributed by atoms with E-state index in [-0.39, 0.29) is 5.91 Å². The number of benzene rings is 2. The molecule has 1 aromatic heterocycles. The molecule has 9 heteroatoms. The second kappa shape index (κ2) is 10.0. The summed E-state index contributed by atoms with van der Waals surface area (Å²) in [6.45, 7) is 6.01. The van der Waals surface area contributed by atoms with Crippen LogP contribution in [0.1, 0.15) is 11.1 Å². The number of hydrogen-bond donors (Lipinski definition) is 0. The van der Waals surface area contributed by atoms with Gasteiger partial charge in [0.25, 0.3) is 0 Å². The number of aryl methyl sites for hydroxylation is 1. The zero-order valence-corrected chi connectivity index (χ0v) is 19.5. The van der Waals surface area contributed by atoms with Gasteiger partial charge in [-0.3, -0.25) is 14.3 Å². The fourth-order valence-corrected chi connectivity index (χ4v) is 4.58. The van der Waals surface area contributed by atoms with Crippen molar-refractivity contribution in [1.82, 2.24) is 24.6 Å². The first-order valence-corrected chi connectivity index (χ1v) is 11.8. The van der Waals surface area contributed by atoms with E-state index in [1.54, 1.807) is 6.33 Å². The van der Waals surface area contributed by atoms with Crippen LogP contribution in [0.15, 0.2) is 53.9 Å². The summed E-state index contributed by atoms with van der Waals surface area (Å²) in [5.41, 5.74) is 3.12. The van der Waals surface area contributed by atoms with E-state index in [0.29, 0.717) is 15.9 Å². The summed E-state index contributed by atoms with van der Waals surface area (Å²) in [4.78, 5) is 17.0. The highest BCUT2D eigenvalue weighted by Gasteiger charge is 2.22. The Morgan fingerprint density at radius 3 is 2.52 bits per heavy atom. The van der Waals surface area contributed by atoms with Crippen molar-refractivity contribution in [3.8, 4) is 5.69 Å². The summed E-state index contributed by atoms with van der Waals surface area (Å²) in [7, 11) is 0. The van der Waals surface area contributed by atoms with Crippen LogP contribution in [0, 0.1) is 6.92 Å². The smallest absolute Gasteiger partial charge is 0.233 e. The van der Waals surface area contributed by atoms with Gasteiger partial charge in [0.05, 0.1) is 11.4 Å². The lowest BCUT2D eigenvalue weighted by atomic mass is 10.2. The van der Waals surface area contributed by atoms with Gasteiger partial charge in [0.1, 0.15) is 6.33 Å². The minimum absolute atomic E-state index is 0.118. The van der Waals surface area contributed by atoms with Crippen molar-refractivity contribution < 1.29 is 4.79 Å². The number of nitrogens with zero attached hydrogens (tertiary/aromatic N) is 5. The first-order chi connectivity index (χ1) is 15.0. The van der Waals surface area contributed by atoms with Gasteiger partial charge in [0.2, 0.25) is 5.91 Å². The molecule has 4 rings (SSSR count). The lowest BCUT2D eigenvalue weighted by Crippen LogP contribution is -2.48. The molecule has 31 heavy (non-hydrogen) atoms. The molecule has 1 amide bonds. The van der Waals surface area contributed by atoms with Crippen LogP contribution in [-0.4, -0.2) is 62.4 Å². The molecule has 0 N–H and O–H groups in total. The molecule has 1 aliphatic rings. The van der Waals surface area contributed by atoms with E-state index in [4.69, 9.17) is 23.2 Å². The quantitative estimate of drug-likeness (QED) is 0.496. The Balaban J connectivity index is 1.29. The molecule has 0 unspecified atom stereocenters. The van der Waals surface area contributed by atoms with E-state index in [9.17, 15) is 4.79 Å². The SMILES string of the molecule is Cc1ccc(-n2cnnc2SCC(=O)N2CCN(Cc3ccc(Cl)cc3)CC2)cc1Cl. The third kappa shape index (κ3) is 5.60. The zero-order chi connectivity index (χ0) is 21.8. The maximum atomic E-state index is 12.7. The largest absolute Gasteiger partial charge is 0.339 e. The van der Waals surface area contributed by atoms with E-state index in [1.165, 1.54) is 17.3 Å². The Morgan fingerprint density at radius 2 is 1.81 bits per heavy atom. The summed E-state index contributed by atoms with van der Waals surface area (Å²) >= 11 is 13.6. The van der Waals surface area contributed by atoms with Gasteiger partial charge in [-0.15, -0.1) is 10.2 Å². The Morgan fingerprint density at radius 1 is 1.06 bits per heavy atom.